The van der Waals surface area contributed by atoms with E-state index in [1.165, 1.54) is 64.2 Å². The van der Waals surface area contributed by atoms with Crippen LogP contribution in [0.25, 0.3) is 0 Å². The molecule has 0 rings (SSSR count). The van der Waals surface area contributed by atoms with E-state index in [-0.39, 0.29) is 25.6 Å². The van der Waals surface area contributed by atoms with Crippen molar-refractivity contribution in [2.75, 3.05) is 13.2 Å². The predicted molar refractivity (Wildman–Crippen MR) is 185 cm³/mol. The highest BCUT2D eigenvalue weighted by atomic mass is 16.6. The van der Waals surface area contributed by atoms with Crippen LogP contribution in [0.15, 0.2) is 48.6 Å². The Morgan fingerprint density at radius 2 is 1.13 bits per heavy atom. The molecule has 3 N–H and O–H groups in total. The van der Waals surface area contributed by atoms with Gasteiger partial charge in [-0.1, -0.05) is 140 Å². The summed E-state index contributed by atoms with van der Waals surface area (Å²) in [5, 5.41) is 30.0. The Balaban J connectivity index is 3.76. The van der Waals surface area contributed by atoms with Crippen molar-refractivity contribution in [2.24, 2.45) is 5.92 Å². The number of unbranched alkanes of at least 4 members (excludes halogenated alkanes) is 11. The predicted octanol–water partition coefficient (Wildman–Crippen LogP) is 8.47. The van der Waals surface area contributed by atoms with Crippen molar-refractivity contribution in [3.8, 4) is 0 Å². The molecule has 260 valence electrons. The first kappa shape index (κ1) is 42.8. The standard InChI is InChI=1S/C38H66O7/c1-4-5-6-7-14-19-25-34(39)26-20-16-17-21-27-35(40)28-23-30-38(43)45-32-36(41)31-44-37(42)29-22-15-12-10-8-9-11-13-18-24-33(2)3/h14,16-17,19-21,26-27,33-36,39-41H,4-13,15,18,22-25,28-32H2,1-3H3/b17-16+,19-14-,26-20+,27-21-/t34-,35-,36+/m1/s1. The molecule has 0 bridgehead atoms. The summed E-state index contributed by atoms with van der Waals surface area (Å²) in [6, 6.07) is 0. The van der Waals surface area contributed by atoms with E-state index in [4.69, 9.17) is 9.47 Å². The third kappa shape index (κ3) is 33.0. The van der Waals surface area contributed by atoms with Gasteiger partial charge in [-0.15, -0.1) is 0 Å². The molecule has 0 spiro atoms. The third-order valence-corrected chi connectivity index (χ3v) is 7.44. The Hall–Kier alpha value is -2.22. The van der Waals surface area contributed by atoms with E-state index in [2.05, 4.69) is 26.8 Å². The maximum atomic E-state index is 11.9. The second-order valence-electron chi connectivity index (χ2n) is 12.5. The maximum absolute atomic E-state index is 11.9. The summed E-state index contributed by atoms with van der Waals surface area (Å²) in [4.78, 5) is 23.8. The zero-order chi connectivity index (χ0) is 33.4. The molecule has 0 aliphatic rings. The van der Waals surface area contributed by atoms with Crippen molar-refractivity contribution in [3.05, 3.63) is 48.6 Å². The molecular weight excluding hydrogens is 568 g/mol. The van der Waals surface area contributed by atoms with E-state index in [0.29, 0.717) is 25.7 Å². The van der Waals surface area contributed by atoms with E-state index >= 15 is 0 Å². The number of carbonyl (C=O) groups excluding carboxylic acids is 2. The summed E-state index contributed by atoms with van der Waals surface area (Å²) in [6.45, 7) is 6.31. The van der Waals surface area contributed by atoms with Crippen molar-refractivity contribution in [1.29, 1.82) is 0 Å². The molecule has 0 amide bonds. The zero-order valence-electron chi connectivity index (χ0n) is 28.8. The van der Waals surface area contributed by atoms with Crippen LogP contribution in [0.5, 0.6) is 0 Å². The number of hydrogen-bond acceptors (Lipinski definition) is 7. The molecule has 0 unspecified atom stereocenters. The van der Waals surface area contributed by atoms with E-state index in [1.54, 1.807) is 36.5 Å². The molecule has 3 atom stereocenters. The molecule has 0 aromatic carbocycles. The van der Waals surface area contributed by atoms with Gasteiger partial charge in [-0.3, -0.25) is 9.59 Å². The molecule has 45 heavy (non-hydrogen) atoms. The first-order chi connectivity index (χ1) is 21.7. The number of rotatable bonds is 30. The van der Waals surface area contributed by atoms with Crippen LogP contribution in [0.2, 0.25) is 0 Å². The molecule has 0 saturated heterocycles. The maximum Gasteiger partial charge on any atom is 0.305 e. The van der Waals surface area contributed by atoms with E-state index in [0.717, 1.165) is 31.6 Å². The van der Waals surface area contributed by atoms with Gasteiger partial charge in [-0.25, -0.2) is 0 Å². The van der Waals surface area contributed by atoms with Crippen LogP contribution in [-0.4, -0.2) is 58.8 Å². The number of ether oxygens (including phenoxy) is 2. The topological polar surface area (TPSA) is 113 Å². The minimum absolute atomic E-state index is 0.124. The number of allylic oxidation sites excluding steroid dienone is 5. The highest BCUT2D eigenvalue weighted by molar-refractivity contribution is 5.69. The first-order valence-corrected chi connectivity index (χ1v) is 17.8. The fourth-order valence-electron chi connectivity index (χ4n) is 4.64. The summed E-state index contributed by atoms with van der Waals surface area (Å²) in [5.41, 5.74) is 0. The van der Waals surface area contributed by atoms with Crippen molar-refractivity contribution in [2.45, 2.75) is 161 Å². The molecule has 0 aliphatic heterocycles. The number of carbonyl (C=O) groups is 2. The van der Waals surface area contributed by atoms with E-state index in [9.17, 15) is 24.9 Å². The van der Waals surface area contributed by atoms with Gasteiger partial charge in [0.05, 0.1) is 12.2 Å². The van der Waals surface area contributed by atoms with Gasteiger partial charge in [0, 0.05) is 12.8 Å². The summed E-state index contributed by atoms with van der Waals surface area (Å²) >= 11 is 0. The molecule has 0 radical (unpaired) electrons. The Kier molecular flexibility index (Phi) is 30.2. The lowest BCUT2D eigenvalue weighted by molar-refractivity contribution is -0.152. The largest absolute Gasteiger partial charge is 0.463 e. The molecule has 0 aromatic heterocycles. The number of aliphatic hydroxyl groups is 3. The summed E-state index contributed by atoms with van der Waals surface area (Å²) in [6.07, 6.45) is 30.9. The van der Waals surface area contributed by atoms with Crippen molar-refractivity contribution in [1.82, 2.24) is 0 Å². The Morgan fingerprint density at radius 1 is 0.600 bits per heavy atom. The average molecular weight is 635 g/mol. The van der Waals surface area contributed by atoms with E-state index < -0.39 is 24.3 Å². The van der Waals surface area contributed by atoms with Crippen LogP contribution >= 0.6 is 0 Å². The van der Waals surface area contributed by atoms with Gasteiger partial charge in [0.15, 0.2) is 0 Å². The number of hydrogen-bond donors (Lipinski definition) is 3. The lowest BCUT2D eigenvalue weighted by Crippen LogP contribution is -2.25. The molecule has 0 aromatic rings. The Bertz CT molecular complexity index is 815. The lowest BCUT2D eigenvalue weighted by Gasteiger charge is -2.12. The SMILES string of the molecule is CCCCC/C=C\C[C@@H](O)/C=C/C=C/C=C\[C@@H](O)CCCC(=O)OC[C@@H](O)COC(=O)CCCCCCCCCCCC(C)C. The average Bonchev–Trinajstić information content (AvgIpc) is 3.01. The minimum Gasteiger partial charge on any atom is -0.463 e. The second kappa shape index (κ2) is 31.7. The molecule has 7 nitrogen and oxygen atoms in total. The Morgan fingerprint density at radius 3 is 1.71 bits per heavy atom. The van der Waals surface area contributed by atoms with Crippen LogP contribution in [-0.2, 0) is 19.1 Å². The summed E-state index contributed by atoms with van der Waals surface area (Å²) in [7, 11) is 0. The van der Waals surface area contributed by atoms with Gasteiger partial charge in [0.25, 0.3) is 0 Å². The van der Waals surface area contributed by atoms with Gasteiger partial charge >= 0.3 is 11.9 Å². The van der Waals surface area contributed by atoms with E-state index in [1.807, 2.05) is 6.08 Å². The molecule has 0 heterocycles. The first-order valence-electron chi connectivity index (χ1n) is 17.8. The highest BCUT2D eigenvalue weighted by Gasteiger charge is 2.12. The molecule has 0 saturated carbocycles. The minimum atomic E-state index is -1.05. The summed E-state index contributed by atoms with van der Waals surface area (Å²) < 4.78 is 10.2. The summed E-state index contributed by atoms with van der Waals surface area (Å²) in [5.74, 6) is 0.0000132. The van der Waals surface area contributed by atoms with Gasteiger partial charge in [-0.2, -0.15) is 0 Å². The van der Waals surface area contributed by atoms with Crippen molar-refractivity contribution in [3.63, 3.8) is 0 Å². The van der Waals surface area contributed by atoms with Crippen LogP contribution in [0.3, 0.4) is 0 Å². The third-order valence-electron chi connectivity index (χ3n) is 7.44. The van der Waals surface area contributed by atoms with Crippen LogP contribution < -0.4 is 0 Å². The van der Waals surface area contributed by atoms with Gasteiger partial charge in [0.1, 0.15) is 19.3 Å². The fourth-order valence-corrected chi connectivity index (χ4v) is 4.64. The van der Waals surface area contributed by atoms with Gasteiger partial charge < -0.3 is 24.8 Å². The lowest BCUT2D eigenvalue weighted by atomic mass is 10.0. The smallest absolute Gasteiger partial charge is 0.305 e. The monoisotopic (exact) mass is 634 g/mol. The normalized spacial score (nSPS) is 14.3. The van der Waals surface area contributed by atoms with Crippen molar-refractivity contribution >= 4 is 11.9 Å². The molecule has 0 fully saturated rings. The highest BCUT2D eigenvalue weighted by Crippen LogP contribution is 2.14. The quantitative estimate of drug-likeness (QED) is 0.0314. The number of aliphatic hydroxyl groups excluding tert-OH is 3. The van der Waals surface area contributed by atoms with Crippen molar-refractivity contribution < 1.29 is 34.4 Å². The molecule has 0 aliphatic carbocycles. The van der Waals surface area contributed by atoms with Gasteiger partial charge in [0.2, 0.25) is 0 Å². The molecular formula is C38H66O7. The molecule has 7 heteroatoms. The van der Waals surface area contributed by atoms with Gasteiger partial charge in [-0.05, 0) is 44.4 Å². The second-order valence-corrected chi connectivity index (χ2v) is 12.5. The number of esters is 2. The Labute approximate surface area is 274 Å². The van der Waals surface area contributed by atoms with Crippen LogP contribution in [0, 0.1) is 5.92 Å². The van der Waals surface area contributed by atoms with Crippen LogP contribution in [0.1, 0.15) is 143 Å². The van der Waals surface area contributed by atoms with Crippen LogP contribution in [0.4, 0.5) is 0 Å². The fraction of sp³-hybridized carbons (Fsp3) is 0.737. The zero-order valence-corrected chi connectivity index (χ0v) is 28.8.